The van der Waals surface area contributed by atoms with Crippen LogP contribution in [0.1, 0.15) is 31.9 Å². The number of rotatable bonds is 3. The summed E-state index contributed by atoms with van der Waals surface area (Å²) in [5, 5.41) is 4.17. The third kappa shape index (κ3) is 1.83. The summed E-state index contributed by atoms with van der Waals surface area (Å²) in [5.74, 6) is 0. The Bertz CT molecular complexity index is 358. The van der Waals surface area contributed by atoms with Crippen LogP contribution in [-0.4, -0.2) is 15.8 Å². The number of hydrogen-bond donors (Lipinski definition) is 1. The van der Waals surface area contributed by atoms with Crippen molar-refractivity contribution in [1.29, 1.82) is 0 Å². The Morgan fingerprint density at radius 2 is 2.40 bits per heavy atom. The monoisotopic (exact) mass is 275 g/mol. The number of alkyl halides is 1. The van der Waals surface area contributed by atoms with Gasteiger partial charge in [0.05, 0.1) is 16.4 Å². The third-order valence-corrected chi connectivity index (χ3v) is 3.41. The lowest BCUT2D eigenvalue weighted by molar-refractivity contribution is 0.0302. The standard InChI is InChI=1S/C10H15BrFN3/c1-2-3-15-9(8(11)6-14-15)10(12)4-7(13)5-10/h6-7H,2-5,13H2,1H3. The fourth-order valence-electron chi connectivity index (χ4n) is 2.15. The molecule has 0 atom stereocenters. The summed E-state index contributed by atoms with van der Waals surface area (Å²) in [6, 6.07) is -0.00752. The first-order valence-corrected chi connectivity index (χ1v) is 6.02. The van der Waals surface area contributed by atoms with Crippen LogP contribution in [0.2, 0.25) is 0 Å². The molecule has 5 heteroatoms. The first-order chi connectivity index (χ1) is 7.07. The van der Waals surface area contributed by atoms with E-state index in [1.807, 2.05) is 0 Å². The van der Waals surface area contributed by atoms with Crippen LogP contribution in [-0.2, 0) is 12.2 Å². The van der Waals surface area contributed by atoms with Crippen LogP contribution >= 0.6 is 15.9 Å². The molecule has 0 bridgehead atoms. The van der Waals surface area contributed by atoms with Gasteiger partial charge in [-0.25, -0.2) is 4.39 Å². The molecule has 0 aromatic carbocycles. The van der Waals surface area contributed by atoms with Gasteiger partial charge in [0.25, 0.3) is 0 Å². The summed E-state index contributed by atoms with van der Waals surface area (Å²) < 4.78 is 16.9. The van der Waals surface area contributed by atoms with Crippen molar-refractivity contribution < 1.29 is 4.39 Å². The van der Waals surface area contributed by atoms with Crippen LogP contribution in [0, 0.1) is 0 Å². The summed E-state index contributed by atoms with van der Waals surface area (Å²) >= 11 is 3.35. The van der Waals surface area contributed by atoms with Gasteiger partial charge in [0.1, 0.15) is 0 Å². The van der Waals surface area contributed by atoms with Gasteiger partial charge >= 0.3 is 0 Å². The van der Waals surface area contributed by atoms with E-state index in [9.17, 15) is 4.39 Å². The van der Waals surface area contributed by atoms with Crippen molar-refractivity contribution in [1.82, 2.24) is 9.78 Å². The smallest absolute Gasteiger partial charge is 0.156 e. The van der Waals surface area contributed by atoms with E-state index in [2.05, 4.69) is 28.0 Å². The van der Waals surface area contributed by atoms with Crippen LogP contribution in [0.25, 0.3) is 0 Å². The van der Waals surface area contributed by atoms with Crippen molar-refractivity contribution in [3.8, 4) is 0 Å². The number of nitrogens with zero attached hydrogens (tertiary/aromatic N) is 2. The predicted octanol–water partition coefficient (Wildman–Crippen LogP) is 2.34. The minimum absolute atomic E-state index is 0.00752. The molecule has 2 rings (SSSR count). The Balaban J connectivity index is 2.30. The minimum atomic E-state index is -1.27. The van der Waals surface area contributed by atoms with Crippen LogP contribution < -0.4 is 5.73 Å². The van der Waals surface area contributed by atoms with Gasteiger partial charge in [-0.3, -0.25) is 4.68 Å². The van der Waals surface area contributed by atoms with Crippen LogP contribution in [0.5, 0.6) is 0 Å². The number of aryl methyl sites for hydroxylation is 1. The van der Waals surface area contributed by atoms with Gasteiger partial charge in [-0.05, 0) is 22.4 Å². The van der Waals surface area contributed by atoms with Crippen molar-refractivity contribution in [2.24, 2.45) is 5.73 Å². The molecule has 1 aromatic rings. The molecule has 2 N–H and O–H groups in total. The van der Waals surface area contributed by atoms with Crippen molar-refractivity contribution >= 4 is 15.9 Å². The third-order valence-electron chi connectivity index (χ3n) is 2.83. The number of aromatic nitrogens is 2. The van der Waals surface area contributed by atoms with E-state index < -0.39 is 5.67 Å². The van der Waals surface area contributed by atoms with Gasteiger partial charge in [0.15, 0.2) is 5.67 Å². The van der Waals surface area contributed by atoms with Gasteiger partial charge < -0.3 is 5.73 Å². The maximum Gasteiger partial charge on any atom is 0.156 e. The summed E-state index contributed by atoms with van der Waals surface area (Å²) in [6.45, 7) is 2.80. The molecule has 1 aliphatic rings. The topological polar surface area (TPSA) is 43.8 Å². The van der Waals surface area contributed by atoms with E-state index in [4.69, 9.17) is 5.73 Å². The lowest BCUT2D eigenvalue weighted by atomic mass is 9.75. The normalized spacial score (nSPS) is 30.3. The molecule has 1 heterocycles. The molecule has 0 saturated heterocycles. The highest BCUT2D eigenvalue weighted by molar-refractivity contribution is 9.10. The number of halogens is 2. The Morgan fingerprint density at radius 3 is 2.93 bits per heavy atom. The number of hydrogen-bond acceptors (Lipinski definition) is 2. The molecule has 0 spiro atoms. The average molecular weight is 276 g/mol. The summed E-state index contributed by atoms with van der Waals surface area (Å²) in [6.07, 6.45) is 3.42. The number of nitrogens with two attached hydrogens (primary N) is 1. The van der Waals surface area contributed by atoms with E-state index >= 15 is 0 Å². The van der Waals surface area contributed by atoms with Crippen LogP contribution in [0.4, 0.5) is 4.39 Å². The molecule has 1 aliphatic carbocycles. The Kier molecular flexibility index (Phi) is 2.85. The van der Waals surface area contributed by atoms with Gasteiger partial charge in [0, 0.05) is 25.4 Å². The quantitative estimate of drug-likeness (QED) is 0.920. The Hall–Kier alpha value is -0.420. The van der Waals surface area contributed by atoms with Crippen molar-refractivity contribution in [3.05, 3.63) is 16.4 Å². The molecule has 84 valence electrons. The molecule has 15 heavy (non-hydrogen) atoms. The molecule has 1 fully saturated rings. The SMILES string of the molecule is CCCn1ncc(Br)c1C1(F)CC(N)C1. The fourth-order valence-corrected chi connectivity index (χ4v) is 2.81. The van der Waals surface area contributed by atoms with Crippen molar-refractivity contribution in [2.45, 2.75) is 44.4 Å². The van der Waals surface area contributed by atoms with E-state index in [1.165, 1.54) is 0 Å². The highest BCUT2D eigenvalue weighted by Gasteiger charge is 2.48. The first-order valence-electron chi connectivity index (χ1n) is 5.23. The van der Waals surface area contributed by atoms with E-state index in [0.717, 1.165) is 17.4 Å². The molecule has 0 amide bonds. The molecular formula is C10H15BrFN3. The second kappa shape index (κ2) is 3.87. The van der Waals surface area contributed by atoms with Crippen LogP contribution in [0.15, 0.2) is 10.7 Å². The summed E-state index contributed by atoms with van der Waals surface area (Å²) in [7, 11) is 0. The van der Waals surface area contributed by atoms with Gasteiger partial charge in [-0.1, -0.05) is 6.92 Å². The molecule has 1 aromatic heterocycles. The minimum Gasteiger partial charge on any atom is -0.327 e. The molecule has 0 radical (unpaired) electrons. The second-order valence-electron chi connectivity index (χ2n) is 4.20. The van der Waals surface area contributed by atoms with Crippen molar-refractivity contribution in [2.75, 3.05) is 0 Å². The molecular weight excluding hydrogens is 261 g/mol. The Labute approximate surface area is 97.0 Å². The average Bonchev–Trinajstić information content (AvgIpc) is 2.46. The van der Waals surface area contributed by atoms with Gasteiger partial charge in [-0.15, -0.1) is 0 Å². The molecule has 3 nitrogen and oxygen atoms in total. The van der Waals surface area contributed by atoms with E-state index in [1.54, 1.807) is 10.9 Å². The zero-order valence-corrected chi connectivity index (χ0v) is 10.3. The van der Waals surface area contributed by atoms with Gasteiger partial charge in [0.2, 0.25) is 0 Å². The second-order valence-corrected chi connectivity index (χ2v) is 5.05. The van der Waals surface area contributed by atoms with E-state index in [-0.39, 0.29) is 6.04 Å². The van der Waals surface area contributed by atoms with Crippen LogP contribution in [0.3, 0.4) is 0 Å². The zero-order valence-electron chi connectivity index (χ0n) is 8.71. The largest absolute Gasteiger partial charge is 0.327 e. The zero-order chi connectivity index (χ0) is 11.1. The Morgan fingerprint density at radius 1 is 1.73 bits per heavy atom. The maximum atomic E-state index is 14.4. The summed E-state index contributed by atoms with van der Waals surface area (Å²) in [5.41, 5.74) is 5.03. The highest BCUT2D eigenvalue weighted by atomic mass is 79.9. The summed E-state index contributed by atoms with van der Waals surface area (Å²) in [4.78, 5) is 0. The van der Waals surface area contributed by atoms with Crippen molar-refractivity contribution in [3.63, 3.8) is 0 Å². The molecule has 0 aliphatic heterocycles. The maximum absolute atomic E-state index is 14.4. The van der Waals surface area contributed by atoms with Gasteiger partial charge in [-0.2, -0.15) is 5.10 Å². The molecule has 1 saturated carbocycles. The molecule has 0 unspecified atom stereocenters. The first kappa shape index (κ1) is 11.1. The van der Waals surface area contributed by atoms with E-state index in [0.29, 0.717) is 18.5 Å². The predicted molar refractivity (Wildman–Crippen MR) is 60.2 cm³/mol. The lowest BCUT2D eigenvalue weighted by Gasteiger charge is -2.39. The highest BCUT2D eigenvalue weighted by Crippen LogP contribution is 2.46. The lowest BCUT2D eigenvalue weighted by Crippen LogP contribution is -2.47. The fraction of sp³-hybridized carbons (Fsp3) is 0.700.